The summed E-state index contributed by atoms with van der Waals surface area (Å²) in [6.07, 6.45) is -1.11. The maximum absolute atomic E-state index is 15.1. The predicted molar refractivity (Wildman–Crippen MR) is 155 cm³/mol. The van der Waals surface area contributed by atoms with Crippen LogP contribution in [0.3, 0.4) is 0 Å². The molecule has 1 aromatic heterocycles. The minimum absolute atomic E-state index is 0.145. The van der Waals surface area contributed by atoms with Gasteiger partial charge in [0.1, 0.15) is 17.3 Å². The molecule has 0 bridgehead atoms. The number of nitrogens with zero attached hydrogens (tertiary/aromatic N) is 4. The van der Waals surface area contributed by atoms with Crippen LogP contribution >= 0.6 is 0 Å². The fourth-order valence-corrected chi connectivity index (χ4v) is 5.89. The Balaban J connectivity index is 1.33. The maximum atomic E-state index is 15.1. The number of urea groups is 1. The Hall–Kier alpha value is -4.39. The first-order valence-corrected chi connectivity index (χ1v) is 14.1. The van der Waals surface area contributed by atoms with Crippen molar-refractivity contribution in [1.29, 1.82) is 0 Å². The number of nitrogens with one attached hydrogen (secondary N) is 2. The maximum Gasteiger partial charge on any atom is 0.321 e. The van der Waals surface area contributed by atoms with Crippen LogP contribution in [-0.2, 0) is 25.2 Å². The highest BCUT2D eigenvalue weighted by molar-refractivity contribution is 5.94. The Morgan fingerprint density at radius 3 is 2.09 bits per heavy atom. The third-order valence-electron chi connectivity index (χ3n) is 8.20. The predicted octanol–water partition coefficient (Wildman–Crippen LogP) is 4.63. The fraction of sp³-hybridized carbons (Fsp3) is 0.387. The second-order valence-corrected chi connectivity index (χ2v) is 11.7. The van der Waals surface area contributed by atoms with Gasteiger partial charge in [0.15, 0.2) is 0 Å². The molecule has 1 aliphatic heterocycles. The van der Waals surface area contributed by atoms with E-state index in [-0.39, 0.29) is 43.3 Å². The van der Waals surface area contributed by atoms with Gasteiger partial charge in [-0.15, -0.1) is 0 Å². The zero-order valence-corrected chi connectivity index (χ0v) is 24.9. The number of benzene rings is 2. The molecule has 1 aliphatic carbocycles. The van der Waals surface area contributed by atoms with E-state index in [1.54, 1.807) is 60.0 Å². The highest BCUT2D eigenvalue weighted by Crippen LogP contribution is 2.57. The molecule has 2 N–H and O–H groups in total. The molecule has 0 unspecified atom stereocenters. The van der Waals surface area contributed by atoms with Crippen LogP contribution in [0.2, 0.25) is 0 Å². The number of carbonyl (C=O) groups excluding carboxylic acids is 3. The van der Waals surface area contributed by atoms with Gasteiger partial charge in [0, 0.05) is 89.7 Å². The van der Waals surface area contributed by atoms with Crippen LogP contribution in [0.1, 0.15) is 50.5 Å². The smallest absolute Gasteiger partial charge is 0.321 e. The molecule has 0 saturated heterocycles. The molecule has 2 heterocycles. The van der Waals surface area contributed by atoms with E-state index in [9.17, 15) is 23.2 Å². The van der Waals surface area contributed by atoms with Gasteiger partial charge in [-0.05, 0) is 42.0 Å². The zero-order chi connectivity index (χ0) is 32.0. The van der Waals surface area contributed by atoms with Crippen molar-refractivity contribution in [1.82, 2.24) is 24.6 Å². The van der Waals surface area contributed by atoms with Gasteiger partial charge in [0.05, 0.1) is 5.54 Å². The first-order valence-electron chi connectivity index (χ1n) is 14.1. The number of hydrogen-bond acceptors (Lipinski definition) is 4. The number of amides is 4. The molecule has 13 heteroatoms. The molecule has 2 aromatic carbocycles. The lowest BCUT2D eigenvalue weighted by atomic mass is 9.68. The number of carbonyl (C=O) groups is 3. The van der Waals surface area contributed by atoms with Crippen LogP contribution in [0.25, 0.3) is 0 Å². The van der Waals surface area contributed by atoms with Crippen LogP contribution in [-0.4, -0.2) is 77.8 Å². The zero-order valence-electron chi connectivity index (χ0n) is 24.9. The summed E-state index contributed by atoms with van der Waals surface area (Å²) in [6, 6.07) is 11.8. The Labute approximate surface area is 252 Å². The molecule has 1 fully saturated rings. The Morgan fingerprint density at radius 2 is 1.52 bits per heavy atom. The summed E-state index contributed by atoms with van der Waals surface area (Å²) in [5.74, 6) is -5.77. The second-order valence-electron chi connectivity index (χ2n) is 11.7. The van der Waals surface area contributed by atoms with Gasteiger partial charge in [-0.25, -0.2) is 22.4 Å². The lowest BCUT2D eigenvalue weighted by molar-refractivity contribution is -0.193. The average Bonchev–Trinajstić information content (AvgIpc) is 3.39. The monoisotopic (exact) mass is 614 g/mol. The van der Waals surface area contributed by atoms with Gasteiger partial charge in [-0.1, -0.05) is 12.1 Å². The number of anilines is 1. The lowest BCUT2D eigenvalue weighted by Crippen LogP contribution is -2.63. The first kappa shape index (κ1) is 31.0. The summed E-state index contributed by atoms with van der Waals surface area (Å²) in [7, 11) is 6.20. The number of halogens is 4. The van der Waals surface area contributed by atoms with Gasteiger partial charge in [0.25, 0.3) is 17.7 Å². The highest BCUT2D eigenvalue weighted by Gasteiger charge is 2.62. The van der Waals surface area contributed by atoms with Crippen molar-refractivity contribution in [2.45, 2.75) is 43.9 Å². The van der Waals surface area contributed by atoms with Crippen LogP contribution in [0.4, 0.5) is 28.0 Å². The molecule has 0 radical (unpaired) electrons. The van der Waals surface area contributed by atoms with E-state index in [1.807, 2.05) is 0 Å². The molecule has 0 atom stereocenters. The van der Waals surface area contributed by atoms with Crippen molar-refractivity contribution in [3.63, 3.8) is 0 Å². The Kier molecular flexibility index (Phi) is 8.19. The summed E-state index contributed by atoms with van der Waals surface area (Å²) in [4.78, 5) is 41.5. The van der Waals surface area contributed by atoms with Crippen LogP contribution < -0.4 is 10.6 Å². The third-order valence-corrected chi connectivity index (χ3v) is 8.20. The van der Waals surface area contributed by atoms with Crippen LogP contribution in [0, 0.1) is 11.6 Å². The molecule has 44 heavy (non-hydrogen) atoms. The summed E-state index contributed by atoms with van der Waals surface area (Å²) in [5.41, 5.74) is 0.507. The van der Waals surface area contributed by atoms with Crippen molar-refractivity contribution in [2.75, 3.05) is 40.1 Å². The number of alkyl halides is 2. The van der Waals surface area contributed by atoms with E-state index in [2.05, 4.69) is 10.6 Å². The van der Waals surface area contributed by atoms with Crippen molar-refractivity contribution in [2.24, 2.45) is 0 Å². The van der Waals surface area contributed by atoms with Gasteiger partial charge in [0.2, 0.25) is 0 Å². The normalized spacial score (nSPS) is 16.5. The van der Waals surface area contributed by atoms with E-state index in [4.69, 9.17) is 0 Å². The molecule has 1 spiro atoms. The number of aromatic nitrogens is 1. The Morgan fingerprint density at radius 1 is 0.886 bits per heavy atom. The standard InChI is InChI=1S/C31H34F4N6O3/c1-38(2)28(43)20-13-23(32)22(24(33)14-20)16-40-11-12-41-25(9-10-26(41)30(40)17-31(34,35)18-30)27(42)36-15-19-5-7-21(8-6-19)37-29(44)39(3)4/h5-10,13-14H,11-12,15-18H2,1-4H3,(H,36,42)(H,37,44). The first-order chi connectivity index (χ1) is 20.7. The van der Waals surface area contributed by atoms with Gasteiger partial charge < -0.3 is 25.0 Å². The average molecular weight is 615 g/mol. The number of hydrogen-bond donors (Lipinski definition) is 2. The Bertz CT molecular complexity index is 1570. The topological polar surface area (TPSA) is 89.9 Å². The van der Waals surface area contributed by atoms with E-state index in [1.165, 1.54) is 23.9 Å². The van der Waals surface area contributed by atoms with E-state index >= 15 is 8.78 Å². The van der Waals surface area contributed by atoms with Crippen molar-refractivity contribution in [3.05, 3.63) is 88.2 Å². The van der Waals surface area contributed by atoms with Gasteiger partial charge in [-0.2, -0.15) is 0 Å². The molecule has 234 valence electrons. The molecule has 2 aliphatic rings. The van der Waals surface area contributed by atoms with E-state index in [0.717, 1.165) is 17.7 Å². The van der Waals surface area contributed by atoms with E-state index < -0.39 is 47.8 Å². The largest absolute Gasteiger partial charge is 0.347 e. The lowest BCUT2D eigenvalue weighted by Gasteiger charge is -2.56. The minimum atomic E-state index is -2.97. The quantitative estimate of drug-likeness (QED) is 0.380. The number of rotatable bonds is 7. The fourth-order valence-electron chi connectivity index (χ4n) is 5.89. The van der Waals surface area contributed by atoms with Gasteiger partial charge >= 0.3 is 6.03 Å². The molecule has 1 saturated carbocycles. The summed E-state index contributed by atoms with van der Waals surface area (Å²) in [5, 5.41) is 5.58. The van der Waals surface area contributed by atoms with Crippen molar-refractivity contribution in [3.8, 4) is 0 Å². The molecule has 3 aromatic rings. The molecule has 4 amide bonds. The molecule has 5 rings (SSSR count). The number of fused-ring (bicyclic) bond motifs is 2. The SMILES string of the molecule is CN(C)C(=O)Nc1ccc(CNC(=O)c2ccc3n2CCN(Cc2c(F)cc(C(=O)N(C)C)cc2F)C32CC(F)(F)C2)cc1. The van der Waals surface area contributed by atoms with Crippen LogP contribution in [0.15, 0.2) is 48.5 Å². The molecular weight excluding hydrogens is 580 g/mol. The highest BCUT2D eigenvalue weighted by atomic mass is 19.3. The third kappa shape index (κ3) is 5.88. The van der Waals surface area contributed by atoms with Crippen molar-refractivity contribution < 1.29 is 31.9 Å². The van der Waals surface area contributed by atoms with Crippen LogP contribution in [0.5, 0.6) is 0 Å². The minimum Gasteiger partial charge on any atom is -0.347 e. The summed E-state index contributed by atoms with van der Waals surface area (Å²) < 4.78 is 60.7. The summed E-state index contributed by atoms with van der Waals surface area (Å²) in [6.45, 7) is 0.345. The van der Waals surface area contributed by atoms with Crippen molar-refractivity contribution >= 4 is 23.5 Å². The second kappa shape index (κ2) is 11.6. The summed E-state index contributed by atoms with van der Waals surface area (Å²) >= 11 is 0. The van der Waals surface area contributed by atoms with Gasteiger partial charge in [-0.3, -0.25) is 14.5 Å². The molecular formula is C31H34F4N6O3. The van der Waals surface area contributed by atoms with E-state index in [0.29, 0.717) is 17.1 Å². The molecule has 9 nitrogen and oxygen atoms in total.